The summed E-state index contributed by atoms with van der Waals surface area (Å²) in [5.41, 5.74) is 5.65. The SMILES string of the molecule is CC(=O)c1cccc(C(c2cccc(C)c2)N2CC(C)N(Cc3ccc(O)cc3)CC2C)c1. The molecule has 1 heterocycles. The van der Waals surface area contributed by atoms with Gasteiger partial charge in [0.2, 0.25) is 0 Å². The number of phenols is 1. The number of hydrogen-bond acceptors (Lipinski definition) is 4. The van der Waals surface area contributed by atoms with E-state index in [9.17, 15) is 9.90 Å². The molecule has 0 saturated carbocycles. The lowest BCUT2D eigenvalue weighted by atomic mass is 9.91. The molecule has 33 heavy (non-hydrogen) atoms. The number of phenolic OH excluding ortho intramolecular Hbond substituents is 1. The van der Waals surface area contributed by atoms with E-state index in [-0.39, 0.29) is 11.8 Å². The third kappa shape index (κ3) is 5.35. The van der Waals surface area contributed by atoms with Crippen molar-refractivity contribution in [3.05, 3.63) is 101 Å². The molecule has 3 atom stereocenters. The average Bonchev–Trinajstić information content (AvgIpc) is 2.79. The van der Waals surface area contributed by atoms with Gasteiger partial charge in [0.05, 0.1) is 6.04 Å². The Morgan fingerprint density at radius 2 is 1.61 bits per heavy atom. The third-order valence-corrected chi connectivity index (χ3v) is 6.78. The number of benzene rings is 3. The molecular formula is C29H34N2O2. The Hall–Kier alpha value is -2.95. The van der Waals surface area contributed by atoms with Crippen LogP contribution in [0.5, 0.6) is 5.75 Å². The number of rotatable bonds is 6. The zero-order chi connectivity index (χ0) is 23.5. The lowest BCUT2D eigenvalue weighted by Gasteiger charge is -2.48. The number of Topliss-reactive ketones (excluding diaryl/α,β-unsaturated/α-hetero) is 1. The Morgan fingerprint density at radius 3 is 2.27 bits per heavy atom. The lowest BCUT2D eigenvalue weighted by molar-refractivity contribution is 0.0195. The monoisotopic (exact) mass is 442 g/mol. The van der Waals surface area contributed by atoms with E-state index in [1.807, 2.05) is 24.3 Å². The maximum atomic E-state index is 12.1. The first-order valence-electron chi connectivity index (χ1n) is 11.8. The van der Waals surface area contributed by atoms with Gasteiger partial charge in [-0.15, -0.1) is 0 Å². The van der Waals surface area contributed by atoms with Gasteiger partial charge in [0.15, 0.2) is 5.78 Å². The van der Waals surface area contributed by atoms with Crippen LogP contribution in [-0.2, 0) is 6.54 Å². The van der Waals surface area contributed by atoms with Crippen LogP contribution in [0.2, 0.25) is 0 Å². The molecule has 1 aliphatic rings. The van der Waals surface area contributed by atoms with Gasteiger partial charge in [0.1, 0.15) is 5.75 Å². The predicted octanol–water partition coefficient (Wildman–Crippen LogP) is 5.59. The summed E-state index contributed by atoms with van der Waals surface area (Å²) in [5, 5.41) is 9.60. The van der Waals surface area contributed by atoms with Crippen LogP contribution in [0, 0.1) is 6.92 Å². The number of ketones is 1. The number of aromatic hydroxyl groups is 1. The van der Waals surface area contributed by atoms with Gasteiger partial charge >= 0.3 is 0 Å². The van der Waals surface area contributed by atoms with E-state index in [0.717, 1.165) is 25.2 Å². The van der Waals surface area contributed by atoms with Crippen molar-refractivity contribution < 1.29 is 9.90 Å². The molecule has 1 N–H and O–H groups in total. The molecule has 1 fully saturated rings. The summed E-state index contributed by atoms with van der Waals surface area (Å²) < 4.78 is 0. The summed E-state index contributed by atoms with van der Waals surface area (Å²) >= 11 is 0. The summed E-state index contributed by atoms with van der Waals surface area (Å²) in [5.74, 6) is 0.402. The summed E-state index contributed by atoms with van der Waals surface area (Å²) in [6.07, 6.45) is 0. The minimum Gasteiger partial charge on any atom is -0.508 e. The Balaban J connectivity index is 1.64. The molecule has 0 aromatic heterocycles. The van der Waals surface area contributed by atoms with E-state index in [0.29, 0.717) is 17.8 Å². The zero-order valence-electron chi connectivity index (χ0n) is 20.0. The third-order valence-electron chi connectivity index (χ3n) is 6.78. The van der Waals surface area contributed by atoms with Gasteiger partial charge in [0.25, 0.3) is 0 Å². The van der Waals surface area contributed by atoms with Crippen LogP contribution in [0.15, 0.2) is 72.8 Å². The second kappa shape index (κ2) is 9.90. The number of carbonyl (C=O) groups is 1. The highest BCUT2D eigenvalue weighted by atomic mass is 16.3. The standard InChI is InChI=1S/C29H34N2O2/c1-20-7-5-9-26(15-20)29(27-10-6-8-25(16-27)23(4)32)31-18-21(2)30(17-22(31)3)19-24-11-13-28(33)14-12-24/h5-16,21-22,29,33H,17-19H2,1-4H3. The Labute approximate surface area is 197 Å². The first-order chi connectivity index (χ1) is 15.8. The van der Waals surface area contributed by atoms with Gasteiger partial charge in [-0.25, -0.2) is 0 Å². The molecular weight excluding hydrogens is 408 g/mol. The zero-order valence-corrected chi connectivity index (χ0v) is 20.0. The molecule has 0 bridgehead atoms. The van der Waals surface area contributed by atoms with Crippen molar-refractivity contribution in [2.24, 2.45) is 0 Å². The number of piperazine rings is 1. The van der Waals surface area contributed by atoms with E-state index in [4.69, 9.17) is 0 Å². The maximum absolute atomic E-state index is 12.1. The molecule has 0 aliphatic carbocycles. The van der Waals surface area contributed by atoms with Crippen molar-refractivity contribution in [1.29, 1.82) is 0 Å². The highest BCUT2D eigenvalue weighted by Crippen LogP contribution is 2.34. The van der Waals surface area contributed by atoms with Crippen LogP contribution in [-0.4, -0.2) is 45.9 Å². The Bertz CT molecular complexity index is 1110. The molecule has 1 saturated heterocycles. The van der Waals surface area contributed by atoms with Crippen molar-refractivity contribution in [1.82, 2.24) is 9.80 Å². The van der Waals surface area contributed by atoms with Crippen LogP contribution in [0.4, 0.5) is 0 Å². The summed E-state index contributed by atoms with van der Waals surface area (Å²) in [6.45, 7) is 11.1. The fraction of sp³-hybridized carbons (Fsp3) is 0.345. The van der Waals surface area contributed by atoms with Gasteiger partial charge in [-0.1, -0.05) is 60.2 Å². The van der Waals surface area contributed by atoms with Crippen LogP contribution in [0.3, 0.4) is 0 Å². The van der Waals surface area contributed by atoms with Crippen molar-refractivity contribution in [2.45, 2.75) is 52.4 Å². The van der Waals surface area contributed by atoms with E-state index in [2.05, 4.69) is 67.0 Å². The average molecular weight is 443 g/mol. The molecule has 0 radical (unpaired) electrons. The summed E-state index contributed by atoms with van der Waals surface area (Å²) in [6, 6.07) is 25.2. The predicted molar refractivity (Wildman–Crippen MR) is 134 cm³/mol. The topological polar surface area (TPSA) is 43.8 Å². The lowest BCUT2D eigenvalue weighted by Crippen LogP contribution is -2.56. The summed E-state index contributed by atoms with van der Waals surface area (Å²) in [4.78, 5) is 17.2. The molecule has 1 aliphatic heterocycles. The van der Waals surface area contributed by atoms with Gasteiger partial charge in [-0.3, -0.25) is 14.6 Å². The minimum atomic E-state index is 0.0949. The smallest absolute Gasteiger partial charge is 0.159 e. The first kappa shape index (κ1) is 23.2. The first-order valence-corrected chi connectivity index (χ1v) is 11.8. The molecule has 4 nitrogen and oxygen atoms in total. The van der Waals surface area contributed by atoms with Gasteiger partial charge in [0, 0.05) is 37.3 Å². The van der Waals surface area contributed by atoms with Crippen LogP contribution >= 0.6 is 0 Å². The Kier molecular flexibility index (Phi) is 6.96. The van der Waals surface area contributed by atoms with Gasteiger partial charge in [-0.05, 0) is 62.6 Å². The Morgan fingerprint density at radius 1 is 0.939 bits per heavy atom. The molecule has 4 rings (SSSR count). The molecule has 3 aromatic rings. The maximum Gasteiger partial charge on any atom is 0.159 e. The molecule has 0 amide bonds. The molecule has 0 spiro atoms. The second-order valence-corrected chi connectivity index (χ2v) is 9.49. The summed E-state index contributed by atoms with van der Waals surface area (Å²) in [7, 11) is 0. The van der Waals surface area contributed by atoms with E-state index >= 15 is 0 Å². The van der Waals surface area contributed by atoms with Crippen LogP contribution in [0.1, 0.15) is 59.4 Å². The second-order valence-electron chi connectivity index (χ2n) is 9.49. The van der Waals surface area contributed by atoms with E-state index < -0.39 is 0 Å². The van der Waals surface area contributed by atoms with Crippen LogP contribution < -0.4 is 0 Å². The molecule has 172 valence electrons. The normalized spacial score (nSPS) is 20.5. The largest absolute Gasteiger partial charge is 0.508 e. The number of aryl methyl sites for hydroxylation is 1. The van der Waals surface area contributed by atoms with Crippen molar-refractivity contribution in [3.63, 3.8) is 0 Å². The highest BCUT2D eigenvalue weighted by Gasteiger charge is 2.35. The number of carbonyl (C=O) groups excluding carboxylic acids is 1. The fourth-order valence-electron chi connectivity index (χ4n) is 4.98. The number of nitrogens with zero attached hydrogens (tertiary/aromatic N) is 2. The van der Waals surface area contributed by atoms with Crippen molar-refractivity contribution in [3.8, 4) is 5.75 Å². The molecule has 4 heteroatoms. The van der Waals surface area contributed by atoms with Gasteiger partial charge < -0.3 is 5.11 Å². The van der Waals surface area contributed by atoms with Crippen molar-refractivity contribution >= 4 is 5.78 Å². The quantitative estimate of drug-likeness (QED) is 0.506. The molecule has 3 aromatic carbocycles. The minimum absolute atomic E-state index is 0.0949. The van der Waals surface area contributed by atoms with E-state index in [1.54, 1.807) is 19.1 Å². The van der Waals surface area contributed by atoms with Crippen LogP contribution in [0.25, 0.3) is 0 Å². The van der Waals surface area contributed by atoms with E-state index in [1.165, 1.54) is 22.3 Å². The van der Waals surface area contributed by atoms with Gasteiger partial charge in [-0.2, -0.15) is 0 Å². The highest BCUT2D eigenvalue weighted by molar-refractivity contribution is 5.94. The fourth-order valence-corrected chi connectivity index (χ4v) is 4.98. The van der Waals surface area contributed by atoms with Crippen molar-refractivity contribution in [2.75, 3.05) is 13.1 Å². The molecule has 3 unspecified atom stereocenters. The number of hydrogen-bond donors (Lipinski definition) is 1.